The molecule has 9 nitrogen and oxygen atoms in total. The number of halogens is 2. The van der Waals surface area contributed by atoms with Gasteiger partial charge in [-0.15, -0.1) is 0 Å². The molecule has 0 unspecified atom stereocenters. The van der Waals surface area contributed by atoms with E-state index in [1.165, 1.54) is 0 Å². The number of nitrogens with one attached hydrogen (secondary N) is 1. The molecule has 4 aromatic rings. The predicted molar refractivity (Wildman–Crippen MR) is 143 cm³/mol. The van der Waals surface area contributed by atoms with Crippen molar-refractivity contribution in [3.8, 4) is 6.07 Å². The maximum Gasteiger partial charge on any atom is 0.261 e. The first-order chi connectivity index (χ1) is 19.3. The number of benzene rings is 1. The Morgan fingerprint density at radius 3 is 2.62 bits per heavy atom. The van der Waals surface area contributed by atoms with Gasteiger partial charge in [0.15, 0.2) is 0 Å². The SMILES string of the molecule is N#Cc1cc2c3c(c1)c(C1=C(c4cnc5ccccn45)C(=O)NC1=O)cn3CCN(CN1CCC(F)(F)CC1)C2. The summed E-state index contributed by atoms with van der Waals surface area (Å²) in [5.74, 6) is -3.58. The van der Waals surface area contributed by atoms with E-state index in [9.17, 15) is 23.6 Å². The van der Waals surface area contributed by atoms with E-state index in [0.717, 1.165) is 16.5 Å². The van der Waals surface area contributed by atoms with E-state index in [2.05, 4.69) is 30.7 Å². The Morgan fingerprint density at radius 1 is 1.02 bits per heavy atom. The van der Waals surface area contributed by atoms with Gasteiger partial charge in [-0.2, -0.15) is 5.26 Å². The molecule has 6 heterocycles. The number of nitriles is 1. The number of pyridine rings is 1. The molecule has 40 heavy (non-hydrogen) atoms. The fourth-order valence-electron chi connectivity index (χ4n) is 6.16. The number of imidazole rings is 1. The van der Waals surface area contributed by atoms with Crippen molar-refractivity contribution in [2.24, 2.45) is 0 Å². The second-order valence-corrected chi connectivity index (χ2v) is 10.7. The van der Waals surface area contributed by atoms with Crippen molar-refractivity contribution in [2.45, 2.75) is 31.9 Å². The second-order valence-electron chi connectivity index (χ2n) is 10.7. The molecule has 2 amide bonds. The summed E-state index contributed by atoms with van der Waals surface area (Å²) in [6.07, 6.45) is 5.00. The fourth-order valence-corrected chi connectivity index (χ4v) is 6.16. The molecule has 1 aromatic carbocycles. The number of amides is 2. The van der Waals surface area contributed by atoms with E-state index in [1.807, 2.05) is 30.5 Å². The number of fused-ring (bicyclic) bond motifs is 1. The largest absolute Gasteiger partial charge is 0.345 e. The lowest BCUT2D eigenvalue weighted by Gasteiger charge is -2.35. The van der Waals surface area contributed by atoms with Gasteiger partial charge in [0.25, 0.3) is 17.7 Å². The van der Waals surface area contributed by atoms with Gasteiger partial charge in [-0.05, 0) is 29.8 Å². The molecule has 1 N–H and O–H groups in total. The minimum atomic E-state index is -2.60. The molecule has 0 saturated carbocycles. The van der Waals surface area contributed by atoms with Gasteiger partial charge in [-0.25, -0.2) is 13.8 Å². The number of rotatable bonds is 4. The molecular weight excluding hydrogens is 516 g/mol. The van der Waals surface area contributed by atoms with Crippen LogP contribution in [-0.2, 0) is 22.7 Å². The maximum atomic E-state index is 13.7. The van der Waals surface area contributed by atoms with Crippen LogP contribution >= 0.6 is 0 Å². The number of hydrogen-bond acceptors (Lipinski definition) is 6. The topological polar surface area (TPSA) is 98.7 Å². The first kappa shape index (κ1) is 24.6. The minimum Gasteiger partial charge on any atom is -0.345 e. The first-order valence-corrected chi connectivity index (χ1v) is 13.2. The summed E-state index contributed by atoms with van der Waals surface area (Å²) in [4.78, 5) is 35.0. The monoisotopic (exact) mass is 541 g/mol. The molecule has 0 atom stereocenters. The molecular formula is C29H25F2N7O2. The molecule has 0 bridgehead atoms. The van der Waals surface area contributed by atoms with Gasteiger partial charge in [-0.3, -0.25) is 29.1 Å². The lowest BCUT2D eigenvalue weighted by molar-refractivity contribution is -0.122. The summed E-state index contributed by atoms with van der Waals surface area (Å²) in [6.45, 7) is 3.05. The molecule has 1 fully saturated rings. The van der Waals surface area contributed by atoms with Crippen LogP contribution in [-0.4, -0.2) is 67.8 Å². The van der Waals surface area contributed by atoms with Gasteiger partial charge in [0.2, 0.25) is 0 Å². The van der Waals surface area contributed by atoms with E-state index >= 15 is 0 Å². The van der Waals surface area contributed by atoms with Crippen LogP contribution in [0.25, 0.3) is 27.7 Å². The van der Waals surface area contributed by atoms with Crippen molar-refractivity contribution in [3.05, 3.63) is 71.3 Å². The van der Waals surface area contributed by atoms with E-state index < -0.39 is 17.7 Å². The minimum absolute atomic E-state index is 0.136. The van der Waals surface area contributed by atoms with Crippen molar-refractivity contribution in [3.63, 3.8) is 0 Å². The Kier molecular flexibility index (Phi) is 5.59. The number of hydrogen-bond donors (Lipinski definition) is 1. The smallest absolute Gasteiger partial charge is 0.261 e. The molecule has 11 heteroatoms. The second kappa shape index (κ2) is 9.08. The van der Waals surface area contributed by atoms with Crippen LogP contribution in [0.2, 0.25) is 0 Å². The number of nitrogens with zero attached hydrogens (tertiary/aromatic N) is 6. The highest BCUT2D eigenvalue weighted by atomic mass is 19.3. The average Bonchev–Trinajstić information content (AvgIpc) is 3.56. The van der Waals surface area contributed by atoms with Crippen molar-refractivity contribution in [1.82, 2.24) is 29.1 Å². The van der Waals surface area contributed by atoms with Crippen LogP contribution in [0.1, 0.15) is 35.2 Å². The van der Waals surface area contributed by atoms with Crippen molar-refractivity contribution in [1.29, 1.82) is 5.26 Å². The maximum absolute atomic E-state index is 13.7. The van der Waals surface area contributed by atoms with Gasteiger partial charge in [0.1, 0.15) is 5.65 Å². The molecule has 7 rings (SSSR count). The van der Waals surface area contributed by atoms with E-state index in [4.69, 9.17) is 0 Å². The third-order valence-electron chi connectivity index (χ3n) is 8.09. The Bertz CT molecular complexity index is 1780. The number of piperidine rings is 1. The zero-order valence-corrected chi connectivity index (χ0v) is 21.5. The molecule has 3 aromatic heterocycles. The highest BCUT2D eigenvalue weighted by Crippen LogP contribution is 2.39. The third kappa shape index (κ3) is 3.99. The standard InChI is InChI=1S/C29H25F2N7O2/c30-29(31)4-7-35(8-5-29)17-36-9-10-37-16-21(20-12-18(13-32)11-19(15-36)26(20)37)24-25(28(40)34-27(24)39)22-14-33-23-3-1-2-6-38(22)23/h1-3,6,11-12,14,16H,4-5,7-10,15,17H2,(H,34,39,40). The highest BCUT2D eigenvalue weighted by Gasteiger charge is 2.37. The molecule has 0 spiro atoms. The zero-order chi connectivity index (χ0) is 27.6. The van der Waals surface area contributed by atoms with Gasteiger partial charge in [0, 0.05) is 68.9 Å². The quantitative estimate of drug-likeness (QED) is 0.399. The Morgan fingerprint density at radius 2 is 1.82 bits per heavy atom. The van der Waals surface area contributed by atoms with Crippen molar-refractivity contribution >= 4 is 39.5 Å². The summed E-state index contributed by atoms with van der Waals surface area (Å²) < 4.78 is 31.2. The van der Waals surface area contributed by atoms with Crippen LogP contribution in [0.5, 0.6) is 0 Å². The van der Waals surface area contributed by atoms with Crippen LogP contribution in [0.15, 0.2) is 48.9 Å². The van der Waals surface area contributed by atoms with Gasteiger partial charge < -0.3 is 4.57 Å². The number of imide groups is 1. The lowest BCUT2D eigenvalue weighted by Crippen LogP contribution is -2.45. The normalized spacial score (nSPS) is 19.8. The summed E-state index contributed by atoms with van der Waals surface area (Å²) in [6, 6.07) is 11.4. The lowest BCUT2D eigenvalue weighted by atomic mass is 9.97. The zero-order valence-electron chi connectivity index (χ0n) is 21.5. The summed E-state index contributed by atoms with van der Waals surface area (Å²) in [5.41, 5.74) is 4.52. The van der Waals surface area contributed by atoms with E-state index in [0.29, 0.717) is 61.9 Å². The Hall–Kier alpha value is -4.40. The Labute approximate surface area is 227 Å². The molecule has 0 radical (unpaired) electrons. The highest BCUT2D eigenvalue weighted by molar-refractivity contribution is 6.49. The molecule has 0 aliphatic carbocycles. The van der Waals surface area contributed by atoms with Crippen LogP contribution in [0.4, 0.5) is 8.78 Å². The summed E-state index contributed by atoms with van der Waals surface area (Å²) in [5, 5.41) is 13.0. The summed E-state index contributed by atoms with van der Waals surface area (Å²) >= 11 is 0. The number of alkyl halides is 2. The first-order valence-electron chi connectivity index (χ1n) is 13.2. The van der Waals surface area contributed by atoms with E-state index in [-0.39, 0.29) is 24.0 Å². The predicted octanol–water partition coefficient (Wildman–Crippen LogP) is 3.23. The van der Waals surface area contributed by atoms with Gasteiger partial charge in [0.05, 0.1) is 46.9 Å². The summed E-state index contributed by atoms with van der Waals surface area (Å²) in [7, 11) is 0. The third-order valence-corrected chi connectivity index (χ3v) is 8.09. The Balaban J connectivity index is 1.32. The number of carbonyl (C=O) groups excluding carboxylic acids is 2. The number of aromatic nitrogens is 3. The van der Waals surface area contributed by atoms with E-state index in [1.54, 1.807) is 22.9 Å². The van der Waals surface area contributed by atoms with Gasteiger partial charge in [-0.1, -0.05) is 6.07 Å². The molecule has 3 aliphatic heterocycles. The molecule has 3 aliphatic rings. The van der Waals surface area contributed by atoms with Crippen molar-refractivity contribution < 1.29 is 18.4 Å². The number of carbonyl (C=O) groups is 2. The van der Waals surface area contributed by atoms with Crippen molar-refractivity contribution in [2.75, 3.05) is 26.3 Å². The molecule has 1 saturated heterocycles. The van der Waals surface area contributed by atoms with Crippen LogP contribution < -0.4 is 5.32 Å². The average molecular weight is 542 g/mol. The van der Waals surface area contributed by atoms with Crippen LogP contribution in [0.3, 0.4) is 0 Å². The molecule has 202 valence electrons. The number of likely N-dealkylation sites (tertiary alicyclic amines) is 1. The van der Waals surface area contributed by atoms with Crippen LogP contribution in [0, 0.1) is 11.3 Å². The fraction of sp³-hybridized carbons (Fsp3) is 0.310. The van der Waals surface area contributed by atoms with Gasteiger partial charge >= 0.3 is 0 Å².